The van der Waals surface area contributed by atoms with Crippen molar-refractivity contribution in [3.8, 4) is 0 Å². The van der Waals surface area contributed by atoms with E-state index in [0.717, 1.165) is 44.6 Å². The molecule has 0 atom stereocenters. The first kappa shape index (κ1) is 12.0. The van der Waals surface area contributed by atoms with Gasteiger partial charge in [-0.15, -0.1) is 0 Å². The summed E-state index contributed by atoms with van der Waals surface area (Å²) >= 11 is 6.03. The van der Waals surface area contributed by atoms with E-state index < -0.39 is 0 Å². The number of piperazine rings is 1. The van der Waals surface area contributed by atoms with Gasteiger partial charge in [0.2, 0.25) is 5.91 Å². The van der Waals surface area contributed by atoms with Gasteiger partial charge < -0.3 is 10.2 Å². The number of nitrogens with zero attached hydrogens (tertiary/aromatic N) is 1. The van der Waals surface area contributed by atoms with Gasteiger partial charge in [0.1, 0.15) is 0 Å². The predicted molar refractivity (Wildman–Crippen MR) is 71.8 cm³/mol. The first-order valence-corrected chi connectivity index (χ1v) is 6.86. The molecule has 3 nitrogen and oxygen atoms in total. The molecular weight excluding hydrogens is 248 g/mol. The lowest BCUT2D eigenvalue weighted by Gasteiger charge is -2.31. The third-order valence-electron chi connectivity index (χ3n) is 3.94. The van der Waals surface area contributed by atoms with Crippen LogP contribution >= 0.6 is 11.6 Å². The highest BCUT2D eigenvalue weighted by Gasteiger charge is 2.53. The maximum Gasteiger partial charge on any atom is 0.233 e. The number of hydrogen-bond acceptors (Lipinski definition) is 2. The van der Waals surface area contributed by atoms with Crippen molar-refractivity contribution in [2.45, 2.75) is 18.3 Å². The molecule has 2 fully saturated rings. The summed E-state index contributed by atoms with van der Waals surface area (Å²) in [4.78, 5) is 14.6. The van der Waals surface area contributed by atoms with E-state index in [-0.39, 0.29) is 11.3 Å². The summed E-state index contributed by atoms with van der Waals surface area (Å²) < 4.78 is 0. The summed E-state index contributed by atoms with van der Waals surface area (Å²) in [5.74, 6) is 0.284. The van der Waals surface area contributed by atoms with E-state index in [4.69, 9.17) is 11.6 Å². The van der Waals surface area contributed by atoms with Gasteiger partial charge in [-0.2, -0.15) is 0 Å². The fourth-order valence-electron chi connectivity index (χ4n) is 2.71. The molecule has 0 spiro atoms. The quantitative estimate of drug-likeness (QED) is 0.884. The molecule has 1 aliphatic heterocycles. The van der Waals surface area contributed by atoms with Crippen LogP contribution in [0.25, 0.3) is 0 Å². The lowest BCUT2D eigenvalue weighted by Crippen LogP contribution is -2.49. The van der Waals surface area contributed by atoms with Crippen LogP contribution in [0.3, 0.4) is 0 Å². The van der Waals surface area contributed by atoms with Gasteiger partial charge in [-0.3, -0.25) is 4.79 Å². The van der Waals surface area contributed by atoms with Crippen molar-refractivity contribution in [1.29, 1.82) is 0 Å². The molecule has 1 heterocycles. The molecule has 0 radical (unpaired) electrons. The van der Waals surface area contributed by atoms with Crippen LogP contribution in [0.15, 0.2) is 24.3 Å². The van der Waals surface area contributed by atoms with Crippen LogP contribution in [0.5, 0.6) is 0 Å². The van der Waals surface area contributed by atoms with Crippen LogP contribution in [0.4, 0.5) is 0 Å². The average molecular weight is 265 g/mol. The zero-order chi connectivity index (χ0) is 12.6. The second-order valence-corrected chi connectivity index (χ2v) is 5.57. The summed E-state index contributed by atoms with van der Waals surface area (Å²) in [6.07, 6.45) is 1.91. The number of halogens is 1. The average Bonchev–Trinajstić information content (AvgIpc) is 3.20. The Hall–Kier alpha value is -1.06. The summed E-state index contributed by atoms with van der Waals surface area (Å²) in [7, 11) is 0. The van der Waals surface area contributed by atoms with E-state index in [1.165, 1.54) is 0 Å². The van der Waals surface area contributed by atoms with Gasteiger partial charge in [-0.25, -0.2) is 0 Å². The third kappa shape index (κ3) is 2.02. The zero-order valence-corrected chi connectivity index (χ0v) is 11.0. The second kappa shape index (κ2) is 4.56. The molecule has 18 heavy (non-hydrogen) atoms. The summed E-state index contributed by atoms with van der Waals surface area (Å²) in [6, 6.07) is 7.76. The van der Waals surface area contributed by atoms with Crippen molar-refractivity contribution in [3.05, 3.63) is 34.9 Å². The Kier molecular flexibility index (Phi) is 3.04. The number of nitrogens with one attached hydrogen (secondary N) is 1. The number of amides is 1. The molecule has 1 saturated heterocycles. The van der Waals surface area contributed by atoms with Gasteiger partial charge in [-0.1, -0.05) is 23.7 Å². The van der Waals surface area contributed by atoms with Crippen molar-refractivity contribution in [3.63, 3.8) is 0 Å². The molecule has 96 valence electrons. The molecule has 0 aromatic heterocycles. The first-order chi connectivity index (χ1) is 8.72. The maximum atomic E-state index is 12.6. The Bertz CT molecular complexity index is 465. The van der Waals surface area contributed by atoms with E-state index in [1.807, 2.05) is 29.2 Å². The number of carbonyl (C=O) groups excluding carboxylic acids is 1. The molecule has 4 heteroatoms. The molecule has 1 aromatic carbocycles. The topological polar surface area (TPSA) is 32.3 Å². The number of hydrogen-bond donors (Lipinski definition) is 1. The number of carbonyl (C=O) groups is 1. The largest absolute Gasteiger partial charge is 0.339 e. The van der Waals surface area contributed by atoms with Gasteiger partial charge >= 0.3 is 0 Å². The van der Waals surface area contributed by atoms with Crippen molar-refractivity contribution < 1.29 is 4.79 Å². The van der Waals surface area contributed by atoms with Crippen LogP contribution in [-0.2, 0) is 10.2 Å². The van der Waals surface area contributed by atoms with Crippen molar-refractivity contribution in [2.75, 3.05) is 26.2 Å². The summed E-state index contributed by atoms with van der Waals surface area (Å²) in [5, 5.41) is 3.99. The monoisotopic (exact) mass is 264 g/mol. The van der Waals surface area contributed by atoms with Gasteiger partial charge in [0, 0.05) is 31.2 Å². The maximum absolute atomic E-state index is 12.6. The normalized spacial score (nSPS) is 21.7. The number of rotatable bonds is 2. The van der Waals surface area contributed by atoms with Crippen LogP contribution in [0.2, 0.25) is 5.02 Å². The lowest BCUT2D eigenvalue weighted by molar-refractivity contribution is -0.134. The smallest absolute Gasteiger partial charge is 0.233 e. The molecule has 3 rings (SSSR count). The van der Waals surface area contributed by atoms with E-state index in [1.54, 1.807) is 0 Å². The highest BCUT2D eigenvalue weighted by molar-refractivity contribution is 6.30. The summed E-state index contributed by atoms with van der Waals surface area (Å²) in [5.41, 5.74) is 0.806. The van der Waals surface area contributed by atoms with Crippen molar-refractivity contribution in [1.82, 2.24) is 10.2 Å². The lowest BCUT2D eigenvalue weighted by atomic mass is 9.94. The summed E-state index contributed by atoms with van der Waals surface area (Å²) in [6.45, 7) is 3.44. The Morgan fingerprint density at radius 2 is 2.00 bits per heavy atom. The van der Waals surface area contributed by atoms with Gasteiger partial charge in [0.05, 0.1) is 5.41 Å². The van der Waals surface area contributed by atoms with E-state index in [0.29, 0.717) is 5.02 Å². The molecule has 1 aliphatic carbocycles. The third-order valence-corrected chi connectivity index (χ3v) is 4.18. The van der Waals surface area contributed by atoms with Gasteiger partial charge in [0.25, 0.3) is 0 Å². The Morgan fingerprint density at radius 1 is 1.28 bits per heavy atom. The molecule has 1 saturated carbocycles. The van der Waals surface area contributed by atoms with E-state index in [2.05, 4.69) is 5.32 Å². The van der Waals surface area contributed by atoms with Crippen LogP contribution in [0, 0.1) is 0 Å². The standard InChI is InChI=1S/C14H17ClN2O/c15-12-3-1-2-11(10-12)14(4-5-14)13(18)17-8-6-16-7-9-17/h1-3,10,16H,4-9H2. The molecule has 1 aromatic rings. The van der Waals surface area contributed by atoms with E-state index >= 15 is 0 Å². The molecule has 1 N–H and O–H groups in total. The zero-order valence-electron chi connectivity index (χ0n) is 10.3. The fraction of sp³-hybridized carbons (Fsp3) is 0.500. The molecule has 2 aliphatic rings. The highest BCUT2D eigenvalue weighted by Crippen LogP contribution is 2.50. The minimum Gasteiger partial charge on any atom is -0.339 e. The first-order valence-electron chi connectivity index (χ1n) is 6.48. The van der Waals surface area contributed by atoms with Crippen molar-refractivity contribution >= 4 is 17.5 Å². The SMILES string of the molecule is O=C(N1CCNCC1)C1(c2cccc(Cl)c2)CC1. The Labute approximate surface area is 112 Å². The molecule has 0 unspecified atom stereocenters. The van der Waals surface area contributed by atoms with Gasteiger partial charge in [0.15, 0.2) is 0 Å². The number of benzene rings is 1. The second-order valence-electron chi connectivity index (χ2n) is 5.13. The Balaban J connectivity index is 1.84. The van der Waals surface area contributed by atoms with Gasteiger partial charge in [-0.05, 0) is 30.5 Å². The van der Waals surface area contributed by atoms with Crippen LogP contribution in [-0.4, -0.2) is 37.0 Å². The molecular formula is C14H17ClN2O. The minimum absolute atomic E-state index is 0.276. The predicted octanol–water partition coefficient (Wildman–Crippen LogP) is 1.80. The Morgan fingerprint density at radius 3 is 2.61 bits per heavy atom. The minimum atomic E-state index is -0.276. The molecule has 0 bridgehead atoms. The highest BCUT2D eigenvalue weighted by atomic mass is 35.5. The fourth-order valence-corrected chi connectivity index (χ4v) is 2.90. The molecule has 1 amide bonds. The van der Waals surface area contributed by atoms with Crippen LogP contribution < -0.4 is 5.32 Å². The van der Waals surface area contributed by atoms with Crippen molar-refractivity contribution in [2.24, 2.45) is 0 Å². The van der Waals surface area contributed by atoms with E-state index in [9.17, 15) is 4.79 Å². The van der Waals surface area contributed by atoms with Crippen LogP contribution in [0.1, 0.15) is 18.4 Å².